The SMILES string of the molecule is O=C(O)C1C=CC(NS(=O)(=O)c2cccc([N+](=O)[O-])c2)C1. The Kier molecular flexibility index (Phi) is 4.05. The molecule has 0 aliphatic heterocycles. The maximum atomic E-state index is 12.1. The fourth-order valence-corrected chi connectivity index (χ4v) is 3.24. The smallest absolute Gasteiger partial charge is 0.310 e. The van der Waals surface area contributed by atoms with E-state index in [1.807, 2.05) is 0 Å². The van der Waals surface area contributed by atoms with Gasteiger partial charge in [-0.3, -0.25) is 14.9 Å². The van der Waals surface area contributed by atoms with Gasteiger partial charge in [-0.15, -0.1) is 0 Å². The number of hydrogen-bond donors (Lipinski definition) is 2. The lowest BCUT2D eigenvalue weighted by atomic mass is 10.1. The van der Waals surface area contributed by atoms with Crippen molar-refractivity contribution in [3.8, 4) is 0 Å². The van der Waals surface area contributed by atoms with Gasteiger partial charge in [0.05, 0.1) is 15.7 Å². The zero-order valence-electron chi connectivity index (χ0n) is 10.7. The second-order valence-electron chi connectivity index (χ2n) is 4.55. The van der Waals surface area contributed by atoms with E-state index in [1.54, 1.807) is 0 Å². The average Bonchev–Trinajstić information content (AvgIpc) is 2.87. The highest BCUT2D eigenvalue weighted by Gasteiger charge is 2.28. The summed E-state index contributed by atoms with van der Waals surface area (Å²) in [6.07, 6.45) is 3.00. The Balaban J connectivity index is 2.16. The van der Waals surface area contributed by atoms with Crippen LogP contribution in [0.15, 0.2) is 41.3 Å². The molecule has 0 bridgehead atoms. The zero-order valence-corrected chi connectivity index (χ0v) is 11.5. The number of aliphatic carboxylic acids is 1. The second-order valence-corrected chi connectivity index (χ2v) is 6.26. The normalized spacial score (nSPS) is 21.3. The lowest BCUT2D eigenvalue weighted by Gasteiger charge is -2.12. The summed E-state index contributed by atoms with van der Waals surface area (Å²) >= 11 is 0. The van der Waals surface area contributed by atoms with Crippen LogP contribution < -0.4 is 4.72 Å². The van der Waals surface area contributed by atoms with Crippen molar-refractivity contribution in [1.29, 1.82) is 0 Å². The van der Waals surface area contributed by atoms with Gasteiger partial charge in [-0.25, -0.2) is 13.1 Å². The first-order chi connectivity index (χ1) is 9.79. The summed E-state index contributed by atoms with van der Waals surface area (Å²) in [5.41, 5.74) is -0.330. The predicted molar refractivity (Wildman–Crippen MR) is 72.1 cm³/mol. The predicted octanol–water partition coefficient (Wildman–Crippen LogP) is 0.902. The van der Waals surface area contributed by atoms with E-state index >= 15 is 0 Å². The number of nitrogens with one attached hydrogen (secondary N) is 1. The summed E-state index contributed by atoms with van der Waals surface area (Å²) in [5, 5.41) is 19.5. The van der Waals surface area contributed by atoms with Crippen LogP contribution in [0.3, 0.4) is 0 Å². The van der Waals surface area contributed by atoms with Crippen molar-refractivity contribution in [3.63, 3.8) is 0 Å². The van der Waals surface area contributed by atoms with Gasteiger partial charge in [-0.1, -0.05) is 18.2 Å². The van der Waals surface area contributed by atoms with Gasteiger partial charge in [0.25, 0.3) is 5.69 Å². The monoisotopic (exact) mass is 312 g/mol. The maximum Gasteiger partial charge on any atom is 0.310 e. The van der Waals surface area contributed by atoms with Crippen LogP contribution in [0.5, 0.6) is 0 Å². The minimum absolute atomic E-state index is 0.115. The molecular formula is C12H12N2O6S. The summed E-state index contributed by atoms with van der Waals surface area (Å²) in [5.74, 6) is -1.76. The molecular weight excluding hydrogens is 300 g/mol. The molecule has 0 saturated carbocycles. The van der Waals surface area contributed by atoms with Crippen LogP contribution in [-0.2, 0) is 14.8 Å². The van der Waals surface area contributed by atoms with Crippen molar-refractivity contribution in [3.05, 3.63) is 46.5 Å². The van der Waals surface area contributed by atoms with Crippen molar-refractivity contribution in [2.45, 2.75) is 17.4 Å². The van der Waals surface area contributed by atoms with Crippen molar-refractivity contribution in [2.75, 3.05) is 0 Å². The van der Waals surface area contributed by atoms with E-state index in [-0.39, 0.29) is 17.0 Å². The van der Waals surface area contributed by atoms with Gasteiger partial charge in [0.15, 0.2) is 0 Å². The Morgan fingerprint density at radius 2 is 2.10 bits per heavy atom. The Morgan fingerprint density at radius 3 is 2.67 bits per heavy atom. The van der Waals surface area contributed by atoms with Gasteiger partial charge >= 0.3 is 5.97 Å². The maximum absolute atomic E-state index is 12.1. The van der Waals surface area contributed by atoms with Crippen LogP contribution in [0, 0.1) is 16.0 Å². The van der Waals surface area contributed by atoms with Crippen LogP contribution in [0.4, 0.5) is 5.69 Å². The molecule has 1 aromatic carbocycles. The number of carboxylic acids is 1. The Bertz CT molecular complexity index is 712. The van der Waals surface area contributed by atoms with E-state index in [9.17, 15) is 23.3 Å². The molecule has 2 N–H and O–H groups in total. The van der Waals surface area contributed by atoms with E-state index in [2.05, 4.69) is 4.72 Å². The van der Waals surface area contributed by atoms with Crippen LogP contribution >= 0.6 is 0 Å². The number of non-ortho nitro benzene ring substituents is 1. The Hall–Kier alpha value is -2.26. The number of hydrogen-bond acceptors (Lipinski definition) is 5. The summed E-state index contributed by atoms with van der Waals surface area (Å²) in [6, 6.07) is 4.01. The van der Waals surface area contributed by atoms with Crippen molar-refractivity contribution < 1.29 is 23.2 Å². The molecule has 0 heterocycles. The number of rotatable bonds is 5. The number of carboxylic acid groups (broad SMARTS) is 1. The van der Waals surface area contributed by atoms with Crippen LogP contribution in [0.1, 0.15) is 6.42 Å². The number of sulfonamides is 1. The third kappa shape index (κ3) is 3.44. The molecule has 0 radical (unpaired) electrons. The van der Waals surface area contributed by atoms with Crippen molar-refractivity contribution in [1.82, 2.24) is 4.72 Å². The second kappa shape index (κ2) is 5.62. The van der Waals surface area contributed by atoms with Crippen LogP contribution in [0.2, 0.25) is 0 Å². The van der Waals surface area contributed by atoms with E-state index in [4.69, 9.17) is 5.11 Å². The molecule has 21 heavy (non-hydrogen) atoms. The summed E-state index contributed by atoms with van der Waals surface area (Å²) in [4.78, 5) is 20.5. The van der Waals surface area contributed by atoms with Crippen molar-refractivity contribution in [2.24, 2.45) is 5.92 Å². The first-order valence-electron chi connectivity index (χ1n) is 5.97. The topological polar surface area (TPSA) is 127 Å². The third-order valence-corrected chi connectivity index (χ3v) is 4.53. The Labute approximate surface area is 120 Å². The number of nitro groups is 1. The van der Waals surface area contributed by atoms with E-state index in [0.717, 1.165) is 6.07 Å². The summed E-state index contributed by atoms with van der Waals surface area (Å²) < 4.78 is 26.6. The molecule has 0 amide bonds. The van der Waals surface area contributed by atoms with E-state index < -0.39 is 32.9 Å². The molecule has 8 nitrogen and oxygen atoms in total. The largest absolute Gasteiger partial charge is 0.481 e. The van der Waals surface area contributed by atoms with E-state index in [0.29, 0.717) is 0 Å². The van der Waals surface area contributed by atoms with Gasteiger partial charge in [-0.05, 0) is 12.5 Å². The molecule has 1 aliphatic carbocycles. The average molecular weight is 312 g/mol. The number of nitrogens with zero attached hydrogens (tertiary/aromatic N) is 1. The van der Waals surface area contributed by atoms with Gasteiger partial charge in [0.1, 0.15) is 0 Å². The zero-order chi connectivity index (χ0) is 15.6. The molecule has 2 atom stereocenters. The highest BCUT2D eigenvalue weighted by molar-refractivity contribution is 7.89. The standard InChI is InChI=1S/C12H12N2O6S/c15-12(16)8-4-5-9(6-8)13-21(19,20)11-3-1-2-10(7-11)14(17)18/h1-5,7-9,13H,6H2,(H,15,16). The van der Waals surface area contributed by atoms with Gasteiger partial charge < -0.3 is 5.11 Å². The fourth-order valence-electron chi connectivity index (χ4n) is 2.00. The molecule has 2 rings (SSSR count). The lowest BCUT2D eigenvalue weighted by Crippen LogP contribution is -2.33. The van der Waals surface area contributed by atoms with Crippen molar-refractivity contribution >= 4 is 21.7 Å². The minimum atomic E-state index is -3.95. The van der Waals surface area contributed by atoms with Gasteiger partial charge in [0, 0.05) is 18.2 Å². The minimum Gasteiger partial charge on any atom is -0.481 e. The molecule has 1 aromatic rings. The molecule has 0 fully saturated rings. The summed E-state index contributed by atoms with van der Waals surface area (Å²) in [6.45, 7) is 0. The third-order valence-electron chi connectivity index (χ3n) is 3.05. The fraction of sp³-hybridized carbons (Fsp3) is 0.250. The molecule has 112 valence electrons. The quantitative estimate of drug-likeness (QED) is 0.472. The lowest BCUT2D eigenvalue weighted by molar-refractivity contribution is -0.385. The number of nitro benzene ring substituents is 1. The highest BCUT2D eigenvalue weighted by Crippen LogP contribution is 2.22. The molecule has 0 aromatic heterocycles. The molecule has 0 spiro atoms. The Morgan fingerprint density at radius 1 is 1.38 bits per heavy atom. The first-order valence-corrected chi connectivity index (χ1v) is 7.46. The molecule has 0 saturated heterocycles. The molecule has 9 heteroatoms. The highest BCUT2D eigenvalue weighted by atomic mass is 32.2. The van der Waals surface area contributed by atoms with Crippen LogP contribution in [-0.4, -0.2) is 30.5 Å². The number of benzene rings is 1. The van der Waals surface area contributed by atoms with Gasteiger partial charge in [-0.2, -0.15) is 0 Å². The van der Waals surface area contributed by atoms with E-state index in [1.165, 1.54) is 30.4 Å². The van der Waals surface area contributed by atoms with Crippen LogP contribution in [0.25, 0.3) is 0 Å². The summed E-state index contributed by atoms with van der Waals surface area (Å²) in [7, 11) is -3.95. The number of carbonyl (C=O) groups is 1. The van der Waals surface area contributed by atoms with Gasteiger partial charge in [0.2, 0.25) is 10.0 Å². The first kappa shape index (κ1) is 15.1. The molecule has 2 unspecified atom stereocenters. The molecule has 1 aliphatic rings.